The van der Waals surface area contributed by atoms with E-state index in [1.807, 2.05) is 0 Å². The third-order valence-electron chi connectivity index (χ3n) is 3.42. The van der Waals surface area contributed by atoms with Crippen molar-refractivity contribution in [3.05, 3.63) is 35.9 Å². The van der Waals surface area contributed by atoms with Crippen molar-refractivity contribution in [2.45, 2.75) is 18.9 Å². The van der Waals surface area contributed by atoms with E-state index in [1.165, 1.54) is 11.9 Å². The quantitative estimate of drug-likeness (QED) is 0.809. The molecule has 0 aliphatic heterocycles. The zero-order valence-electron chi connectivity index (χ0n) is 11.8. The number of likely N-dealkylation sites (N-methyl/N-ethyl adjacent to an activating group) is 1. The fourth-order valence-electron chi connectivity index (χ4n) is 2.12. The second kappa shape index (κ2) is 6.39. The molecule has 0 bridgehead atoms. The van der Waals surface area contributed by atoms with Gasteiger partial charge in [-0.05, 0) is 30.9 Å². The molecule has 2 N–H and O–H groups in total. The lowest BCUT2D eigenvalue weighted by Gasteiger charge is -2.19. The van der Waals surface area contributed by atoms with Crippen molar-refractivity contribution >= 4 is 17.8 Å². The summed E-state index contributed by atoms with van der Waals surface area (Å²) in [6.07, 6.45) is 1.63. The van der Waals surface area contributed by atoms with Gasteiger partial charge in [-0.1, -0.05) is 18.2 Å². The van der Waals surface area contributed by atoms with Gasteiger partial charge in [0.25, 0.3) is 5.91 Å². The summed E-state index contributed by atoms with van der Waals surface area (Å²) >= 11 is 0. The summed E-state index contributed by atoms with van der Waals surface area (Å²) in [6.45, 7) is -0.162. The molecule has 21 heavy (non-hydrogen) atoms. The Bertz CT molecular complexity index is 540. The van der Waals surface area contributed by atoms with E-state index in [-0.39, 0.29) is 18.4 Å². The van der Waals surface area contributed by atoms with Gasteiger partial charge in [-0.2, -0.15) is 0 Å². The van der Waals surface area contributed by atoms with Gasteiger partial charge in [-0.25, -0.2) is 4.79 Å². The fraction of sp³-hybridized carbons (Fsp3) is 0.400. The van der Waals surface area contributed by atoms with Crippen LogP contribution in [0.5, 0.6) is 0 Å². The van der Waals surface area contributed by atoms with E-state index in [1.54, 1.807) is 30.3 Å². The molecule has 1 fully saturated rings. The normalized spacial score (nSPS) is 15.1. The number of benzene rings is 1. The molecule has 6 heteroatoms. The molecule has 1 unspecified atom stereocenters. The molecule has 0 heterocycles. The van der Waals surface area contributed by atoms with Gasteiger partial charge in [0.2, 0.25) is 5.91 Å². The van der Waals surface area contributed by atoms with Crippen LogP contribution in [-0.4, -0.2) is 47.4 Å². The number of carbonyl (C=O) groups excluding carboxylic acids is 2. The third kappa shape index (κ3) is 4.05. The number of carbonyl (C=O) groups is 3. The minimum atomic E-state index is -1.03. The number of nitrogens with zero attached hydrogens (tertiary/aromatic N) is 1. The van der Waals surface area contributed by atoms with E-state index in [4.69, 9.17) is 5.11 Å². The highest BCUT2D eigenvalue weighted by Crippen LogP contribution is 2.32. The van der Waals surface area contributed by atoms with E-state index in [2.05, 4.69) is 5.32 Å². The van der Waals surface area contributed by atoms with Gasteiger partial charge in [0.15, 0.2) is 0 Å². The van der Waals surface area contributed by atoms with Crippen LogP contribution in [0, 0.1) is 5.92 Å². The zero-order chi connectivity index (χ0) is 15.4. The highest BCUT2D eigenvalue weighted by Gasteiger charge is 2.37. The van der Waals surface area contributed by atoms with Crippen LogP contribution in [-0.2, 0) is 9.59 Å². The molecule has 1 aliphatic carbocycles. The summed E-state index contributed by atoms with van der Waals surface area (Å²) in [5.41, 5.74) is 0.491. The monoisotopic (exact) mass is 290 g/mol. The minimum Gasteiger partial charge on any atom is -0.480 e. The topological polar surface area (TPSA) is 86.7 Å². The van der Waals surface area contributed by atoms with E-state index in [9.17, 15) is 14.4 Å². The Morgan fingerprint density at radius 2 is 1.90 bits per heavy atom. The van der Waals surface area contributed by atoms with E-state index in [0.29, 0.717) is 5.56 Å². The molecule has 1 aliphatic rings. The molecular formula is C15H18N2O4. The van der Waals surface area contributed by atoms with E-state index in [0.717, 1.165) is 12.8 Å². The van der Waals surface area contributed by atoms with Crippen molar-refractivity contribution in [1.82, 2.24) is 10.2 Å². The van der Waals surface area contributed by atoms with Gasteiger partial charge in [-0.15, -0.1) is 0 Å². The Morgan fingerprint density at radius 3 is 2.43 bits per heavy atom. The standard InChI is InChI=1S/C15H18N2O4/c1-17(14(19)11-5-3-2-4-6-11)9-12(18)16-13(15(20)21)10-7-8-10/h2-6,10,13H,7-9H2,1H3,(H,16,18)(H,20,21). The SMILES string of the molecule is CN(CC(=O)NC(C(=O)O)C1CC1)C(=O)c1ccccc1. The van der Waals surface area contributed by atoms with Crippen LogP contribution in [0.3, 0.4) is 0 Å². The average molecular weight is 290 g/mol. The zero-order valence-corrected chi connectivity index (χ0v) is 11.8. The first kappa shape index (κ1) is 15.0. The molecule has 0 saturated heterocycles. The van der Waals surface area contributed by atoms with Gasteiger partial charge in [0, 0.05) is 12.6 Å². The van der Waals surface area contributed by atoms with Crippen LogP contribution < -0.4 is 5.32 Å². The summed E-state index contributed by atoms with van der Waals surface area (Å²) in [4.78, 5) is 36.3. The number of rotatable bonds is 6. The molecule has 112 valence electrons. The van der Waals surface area contributed by atoms with Crippen LogP contribution in [0.2, 0.25) is 0 Å². The predicted molar refractivity (Wildman–Crippen MR) is 75.7 cm³/mol. The summed E-state index contributed by atoms with van der Waals surface area (Å²) in [7, 11) is 1.52. The van der Waals surface area contributed by atoms with Gasteiger partial charge >= 0.3 is 5.97 Å². The number of nitrogens with one attached hydrogen (secondary N) is 1. The van der Waals surface area contributed by atoms with Crippen molar-refractivity contribution in [3.63, 3.8) is 0 Å². The van der Waals surface area contributed by atoms with Crippen LogP contribution >= 0.6 is 0 Å². The van der Waals surface area contributed by atoms with Gasteiger partial charge < -0.3 is 15.3 Å². The predicted octanol–water partition coefficient (Wildman–Crippen LogP) is 0.738. The molecule has 1 aromatic carbocycles. The number of hydrogen-bond donors (Lipinski definition) is 2. The summed E-state index contributed by atoms with van der Waals surface area (Å²) < 4.78 is 0. The first-order chi connectivity index (χ1) is 9.99. The minimum absolute atomic E-state index is 0.0154. The molecule has 0 radical (unpaired) electrons. The maximum Gasteiger partial charge on any atom is 0.326 e. The summed E-state index contributed by atoms with van der Waals surface area (Å²) in [5.74, 6) is -1.74. The first-order valence-electron chi connectivity index (χ1n) is 6.81. The molecule has 0 aromatic heterocycles. The lowest BCUT2D eigenvalue weighted by molar-refractivity contribution is -0.142. The van der Waals surface area contributed by atoms with Crippen molar-refractivity contribution in [2.24, 2.45) is 5.92 Å². The molecule has 2 amide bonds. The molecule has 1 saturated carbocycles. The third-order valence-corrected chi connectivity index (χ3v) is 3.42. The highest BCUT2D eigenvalue weighted by atomic mass is 16.4. The number of hydrogen-bond acceptors (Lipinski definition) is 3. The van der Waals surface area contributed by atoms with Crippen molar-refractivity contribution in [2.75, 3.05) is 13.6 Å². The fourth-order valence-corrected chi connectivity index (χ4v) is 2.12. The Balaban J connectivity index is 1.89. The molecule has 1 atom stereocenters. The second-order valence-corrected chi connectivity index (χ2v) is 5.25. The van der Waals surface area contributed by atoms with Gasteiger partial charge in [0.1, 0.15) is 6.04 Å². The van der Waals surface area contributed by atoms with Crippen molar-refractivity contribution < 1.29 is 19.5 Å². The first-order valence-corrected chi connectivity index (χ1v) is 6.81. The van der Waals surface area contributed by atoms with Crippen LogP contribution in [0.1, 0.15) is 23.2 Å². The molecular weight excluding hydrogens is 272 g/mol. The van der Waals surface area contributed by atoms with Gasteiger partial charge in [-0.3, -0.25) is 9.59 Å². The second-order valence-electron chi connectivity index (χ2n) is 5.25. The Hall–Kier alpha value is -2.37. The van der Waals surface area contributed by atoms with Crippen LogP contribution in [0.4, 0.5) is 0 Å². The maximum absolute atomic E-state index is 12.1. The summed E-state index contributed by atoms with van der Waals surface area (Å²) in [5, 5.41) is 11.5. The number of carboxylic acids is 1. The van der Waals surface area contributed by atoms with Crippen molar-refractivity contribution in [1.29, 1.82) is 0 Å². The highest BCUT2D eigenvalue weighted by molar-refractivity contribution is 5.96. The van der Waals surface area contributed by atoms with E-state index < -0.39 is 17.9 Å². The maximum atomic E-state index is 12.1. The number of aliphatic carboxylic acids is 1. The Labute approximate surface area is 122 Å². The lowest BCUT2D eigenvalue weighted by atomic mass is 10.2. The van der Waals surface area contributed by atoms with Crippen LogP contribution in [0.25, 0.3) is 0 Å². The smallest absolute Gasteiger partial charge is 0.326 e. The largest absolute Gasteiger partial charge is 0.480 e. The van der Waals surface area contributed by atoms with E-state index >= 15 is 0 Å². The van der Waals surface area contributed by atoms with Crippen molar-refractivity contribution in [3.8, 4) is 0 Å². The molecule has 0 spiro atoms. The average Bonchev–Trinajstić information content (AvgIpc) is 3.29. The number of amides is 2. The molecule has 2 rings (SSSR count). The molecule has 1 aromatic rings. The lowest BCUT2D eigenvalue weighted by Crippen LogP contribution is -2.47. The van der Waals surface area contributed by atoms with Crippen LogP contribution in [0.15, 0.2) is 30.3 Å². The molecule has 6 nitrogen and oxygen atoms in total. The Kier molecular flexibility index (Phi) is 4.57. The Morgan fingerprint density at radius 1 is 1.29 bits per heavy atom. The van der Waals surface area contributed by atoms with Gasteiger partial charge in [0.05, 0.1) is 6.54 Å². The number of carboxylic acid groups (broad SMARTS) is 1. The summed E-state index contributed by atoms with van der Waals surface area (Å²) in [6, 6.07) is 7.78.